The third kappa shape index (κ3) is 4.29. The summed E-state index contributed by atoms with van der Waals surface area (Å²) in [6, 6.07) is 11.7. The summed E-state index contributed by atoms with van der Waals surface area (Å²) in [5, 5.41) is 21.7. The van der Waals surface area contributed by atoms with Crippen LogP contribution in [0.25, 0.3) is 6.08 Å². The molecule has 0 aromatic heterocycles. The Morgan fingerprint density at radius 1 is 1.19 bits per heavy atom. The molecule has 27 heavy (non-hydrogen) atoms. The molecular formula is C19H17N3O4S. The molecule has 1 fully saturated rings. The van der Waals surface area contributed by atoms with Crippen LogP contribution in [0.2, 0.25) is 0 Å². The van der Waals surface area contributed by atoms with E-state index in [2.05, 4.69) is 10.3 Å². The van der Waals surface area contributed by atoms with Crippen molar-refractivity contribution in [2.75, 3.05) is 19.0 Å². The van der Waals surface area contributed by atoms with Gasteiger partial charge in [0.25, 0.3) is 5.91 Å². The second kappa shape index (κ2) is 7.55. The lowest BCUT2D eigenvalue weighted by molar-refractivity contribution is -0.115. The van der Waals surface area contributed by atoms with Crippen molar-refractivity contribution in [3.8, 4) is 5.75 Å². The van der Waals surface area contributed by atoms with Crippen molar-refractivity contribution in [1.29, 1.82) is 0 Å². The zero-order valence-electron chi connectivity index (χ0n) is 14.6. The van der Waals surface area contributed by atoms with E-state index in [1.165, 1.54) is 30.0 Å². The van der Waals surface area contributed by atoms with Gasteiger partial charge >= 0.3 is 5.97 Å². The van der Waals surface area contributed by atoms with Crippen LogP contribution in [0.4, 0.5) is 11.4 Å². The summed E-state index contributed by atoms with van der Waals surface area (Å²) in [5.74, 6) is -1.86. The van der Waals surface area contributed by atoms with Gasteiger partial charge in [0, 0.05) is 25.8 Å². The average molecular weight is 383 g/mol. The molecule has 2 aromatic rings. The van der Waals surface area contributed by atoms with Gasteiger partial charge in [-0.2, -0.15) is 0 Å². The van der Waals surface area contributed by atoms with Gasteiger partial charge in [0.05, 0.1) is 10.6 Å². The Kier molecular flexibility index (Phi) is 5.18. The smallest absolute Gasteiger partial charge is 0.339 e. The number of carbonyl (C=O) groups excluding carboxylic acids is 1. The van der Waals surface area contributed by atoms with Gasteiger partial charge < -0.3 is 20.4 Å². The van der Waals surface area contributed by atoms with Crippen molar-refractivity contribution in [3.63, 3.8) is 0 Å². The van der Waals surface area contributed by atoms with Crippen LogP contribution in [0.1, 0.15) is 15.9 Å². The van der Waals surface area contributed by atoms with Crippen molar-refractivity contribution in [1.82, 2.24) is 5.32 Å². The standard InChI is InChI=1S/C19H17N3O4S/c1-22(2)13-6-3-11(4-7-13)9-16-17(24)21-19(27-16)20-12-5-8-14(18(25)26)15(23)10-12/h3-10,23H,1-2H3,(H,25,26)(H,20,21,24)/b16-9-. The van der Waals surface area contributed by atoms with Crippen LogP contribution in [0, 0.1) is 0 Å². The number of carboxylic acids is 1. The number of carbonyl (C=O) groups is 2. The first kappa shape index (κ1) is 18.5. The number of nitrogens with zero attached hydrogens (tertiary/aromatic N) is 2. The molecule has 3 N–H and O–H groups in total. The Labute approximate surface area is 160 Å². The number of amides is 1. The number of hydrogen-bond donors (Lipinski definition) is 3. The van der Waals surface area contributed by atoms with E-state index in [0.717, 1.165) is 11.3 Å². The third-order valence-corrected chi connectivity index (χ3v) is 4.71. The Bertz CT molecular complexity index is 965. The van der Waals surface area contributed by atoms with E-state index in [1.54, 1.807) is 6.08 Å². The van der Waals surface area contributed by atoms with Gasteiger partial charge in [-0.25, -0.2) is 9.79 Å². The fourth-order valence-corrected chi connectivity index (χ4v) is 3.23. The van der Waals surface area contributed by atoms with Crippen LogP contribution in [0.3, 0.4) is 0 Å². The Morgan fingerprint density at radius 3 is 2.48 bits per heavy atom. The highest BCUT2D eigenvalue weighted by Gasteiger charge is 2.24. The second-order valence-corrected chi connectivity index (χ2v) is 7.00. The minimum Gasteiger partial charge on any atom is -0.507 e. The summed E-state index contributed by atoms with van der Waals surface area (Å²) in [6.45, 7) is 0. The molecule has 8 heteroatoms. The molecule has 0 aliphatic carbocycles. The number of nitrogens with one attached hydrogen (secondary N) is 1. The van der Waals surface area contributed by atoms with Crippen molar-refractivity contribution in [2.24, 2.45) is 4.99 Å². The number of amidine groups is 1. The summed E-state index contributed by atoms with van der Waals surface area (Å²) >= 11 is 1.18. The van der Waals surface area contributed by atoms with Crippen LogP contribution in [-0.4, -0.2) is 41.4 Å². The van der Waals surface area contributed by atoms with E-state index in [-0.39, 0.29) is 17.2 Å². The fraction of sp³-hybridized carbons (Fsp3) is 0.105. The van der Waals surface area contributed by atoms with Crippen LogP contribution in [-0.2, 0) is 4.79 Å². The summed E-state index contributed by atoms with van der Waals surface area (Å²) < 4.78 is 0. The van der Waals surface area contributed by atoms with Gasteiger partial charge in [-0.1, -0.05) is 12.1 Å². The largest absolute Gasteiger partial charge is 0.507 e. The molecule has 1 amide bonds. The van der Waals surface area contributed by atoms with E-state index in [1.807, 2.05) is 43.3 Å². The molecule has 0 radical (unpaired) electrons. The van der Waals surface area contributed by atoms with E-state index < -0.39 is 5.97 Å². The Morgan fingerprint density at radius 2 is 1.89 bits per heavy atom. The Hall–Kier alpha value is -3.26. The van der Waals surface area contributed by atoms with Crippen molar-refractivity contribution in [2.45, 2.75) is 0 Å². The maximum Gasteiger partial charge on any atom is 0.339 e. The SMILES string of the molecule is CN(C)c1ccc(/C=C2\SC(=Nc3ccc(C(=O)O)c(O)c3)NC2=O)cc1. The molecule has 1 saturated heterocycles. The number of anilines is 1. The molecular weight excluding hydrogens is 366 g/mol. The molecule has 0 spiro atoms. The monoisotopic (exact) mass is 383 g/mol. The first-order chi connectivity index (χ1) is 12.8. The number of rotatable bonds is 4. The van der Waals surface area contributed by atoms with Gasteiger partial charge in [0.1, 0.15) is 11.3 Å². The summed E-state index contributed by atoms with van der Waals surface area (Å²) in [4.78, 5) is 29.8. The lowest BCUT2D eigenvalue weighted by Gasteiger charge is -2.11. The predicted molar refractivity (Wildman–Crippen MR) is 107 cm³/mol. The van der Waals surface area contributed by atoms with Crippen LogP contribution >= 0.6 is 11.8 Å². The van der Waals surface area contributed by atoms with E-state index in [0.29, 0.717) is 15.8 Å². The minimum atomic E-state index is -1.22. The summed E-state index contributed by atoms with van der Waals surface area (Å²) in [7, 11) is 3.91. The quantitative estimate of drug-likeness (QED) is 0.702. The van der Waals surface area contributed by atoms with Gasteiger partial charge in [-0.05, 0) is 47.7 Å². The van der Waals surface area contributed by atoms with Crippen molar-refractivity contribution >= 4 is 46.3 Å². The number of hydrogen-bond acceptors (Lipinski definition) is 6. The lowest BCUT2D eigenvalue weighted by atomic mass is 10.2. The molecule has 1 aliphatic heterocycles. The molecule has 138 valence electrons. The van der Waals surface area contributed by atoms with Crippen LogP contribution in [0.5, 0.6) is 5.75 Å². The first-order valence-corrected chi connectivity index (χ1v) is 8.78. The number of benzene rings is 2. The predicted octanol–water partition coefficient (Wildman–Crippen LogP) is 3.05. The maximum absolute atomic E-state index is 12.1. The summed E-state index contributed by atoms with van der Waals surface area (Å²) in [5.41, 5.74) is 2.09. The number of aromatic hydroxyl groups is 1. The zero-order chi connectivity index (χ0) is 19.6. The van der Waals surface area contributed by atoms with Crippen molar-refractivity contribution in [3.05, 3.63) is 58.5 Å². The number of aromatic carboxylic acids is 1. The molecule has 0 saturated carbocycles. The second-order valence-electron chi connectivity index (χ2n) is 5.97. The summed E-state index contributed by atoms with van der Waals surface area (Å²) in [6.07, 6.45) is 1.77. The highest BCUT2D eigenvalue weighted by Crippen LogP contribution is 2.30. The molecule has 0 atom stereocenters. The topological polar surface area (TPSA) is 102 Å². The first-order valence-electron chi connectivity index (χ1n) is 7.97. The minimum absolute atomic E-state index is 0.205. The van der Waals surface area contributed by atoms with Crippen molar-refractivity contribution < 1.29 is 19.8 Å². The van der Waals surface area contributed by atoms with Gasteiger partial charge in [-0.15, -0.1) is 0 Å². The van der Waals surface area contributed by atoms with E-state index >= 15 is 0 Å². The molecule has 0 bridgehead atoms. The highest BCUT2D eigenvalue weighted by molar-refractivity contribution is 8.18. The third-order valence-electron chi connectivity index (χ3n) is 3.80. The fourth-order valence-electron chi connectivity index (χ4n) is 2.39. The number of aliphatic imine (C=N–C) groups is 1. The van der Waals surface area contributed by atoms with Crippen LogP contribution in [0.15, 0.2) is 52.4 Å². The van der Waals surface area contributed by atoms with Gasteiger partial charge in [0.15, 0.2) is 5.17 Å². The molecule has 7 nitrogen and oxygen atoms in total. The van der Waals surface area contributed by atoms with Crippen LogP contribution < -0.4 is 10.2 Å². The molecule has 1 aliphatic rings. The molecule has 2 aromatic carbocycles. The normalized spacial score (nSPS) is 16.6. The maximum atomic E-state index is 12.1. The lowest BCUT2D eigenvalue weighted by Crippen LogP contribution is -2.19. The highest BCUT2D eigenvalue weighted by atomic mass is 32.2. The molecule has 1 heterocycles. The number of carboxylic acid groups (broad SMARTS) is 1. The molecule has 3 rings (SSSR count). The van der Waals surface area contributed by atoms with E-state index in [4.69, 9.17) is 5.11 Å². The zero-order valence-corrected chi connectivity index (χ0v) is 15.4. The Balaban J connectivity index is 1.79. The number of phenols is 1. The van der Waals surface area contributed by atoms with Gasteiger partial charge in [-0.3, -0.25) is 4.79 Å². The number of thioether (sulfide) groups is 1. The average Bonchev–Trinajstić information content (AvgIpc) is 2.94. The van der Waals surface area contributed by atoms with Gasteiger partial charge in [0.2, 0.25) is 0 Å². The van der Waals surface area contributed by atoms with E-state index in [9.17, 15) is 14.7 Å². The molecule has 0 unspecified atom stereocenters.